The van der Waals surface area contributed by atoms with Gasteiger partial charge in [-0.3, -0.25) is 9.69 Å². The largest absolute Gasteiger partial charge is 0.351 e. The van der Waals surface area contributed by atoms with Gasteiger partial charge in [-0.25, -0.2) is 0 Å². The van der Waals surface area contributed by atoms with Crippen LogP contribution in [0.5, 0.6) is 0 Å². The van der Waals surface area contributed by atoms with Crippen molar-refractivity contribution < 1.29 is 9.32 Å². The molecule has 2 heterocycles. The van der Waals surface area contributed by atoms with Crippen molar-refractivity contribution in [1.29, 1.82) is 0 Å². The number of amides is 1. The average Bonchev–Trinajstić information content (AvgIpc) is 3.09. The highest BCUT2D eigenvalue weighted by molar-refractivity contribution is 5.91. The van der Waals surface area contributed by atoms with E-state index in [1.165, 1.54) is 25.7 Å². The van der Waals surface area contributed by atoms with Gasteiger partial charge in [0.05, 0.1) is 5.69 Å². The second-order valence-corrected chi connectivity index (χ2v) is 5.60. The van der Waals surface area contributed by atoms with Crippen molar-refractivity contribution >= 4 is 5.91 Å². The van der Waals surface area contributed by atoms with Crippen LogP contribution in [0.25, 0.3) is 0 Å². The van der Waals surface area contributed by atoms with Gasteiger partial charge in [0.2, 0.25) is 5.76 Å². The second kappa shape index (κ2) is 5.33. The number of aryl methyl sites for hydroxylation is 1. The van der Waals surface area contributed by atoms with Crippen LogP contribution in [0.15, 0.2) is 10.6 Å². The minimum Gasteiger partial charge on any atom is -0.351 e. The molecule has 0 radical (unpaired) electrons. The number of hydrogen-bond donors (Lipinski definition) is 0. The van der Waals surface area contributed by atoms with E-state index in [9.17, 15) is 4.79 Å². The van der Waals surface area contributed by atoms with Gasteiger partial charge in [0.1, 0.15) is 0 Å². The molecule has 1 amide bonds. The fraction of sp³-hybridized carbons (Fsp3) is 0.714. The Labute approximate surface area is 113 Å². The van der Waals surface area contributed by atoms with Gasteiger partial charge in [0.25, 0.3) is 5.91 Å². The lowest BCUT2D eigenvalue weighted by atomic mass is 10.1. The first-order chi connectivity index (χ1) is 9.24. The molecule has 0 N–H and O–H groups in total. The molecule has 1 aliphatic heterocycles. The molecule has 2 aliphatic rings. The highest BCUT2D eigenvalue weighted by Crippen LogP contribution is 2.24. The molecule has 1 aromatic heterocycles. The van der Waals surface area contributed by atoms with Crippen LogP contribution in [0.3, 0.4) is 0 Å². The molecule has 104 valence electrons. The minimum absolute atomic E-state index is 0.0216. The van der Waals surface area contributed by atoms with Crippen LogP contribution in [0, 0.1) is 6.92 Å². The Morgan fingerprint density at radius 3 is 2.53 bits per heavy atom. The van der Waals surface area contributed by atoms with Crippen molar-refractivity contribution in [2.75, 3.05) is 26.2 Å². The molecule has 1 saturated carbocycles. The molecule has 0 unspecified atom stereocenters. The van der Waals surface area contributed by atoms with Crippen LogP contribution < -0.4 is 0 Å². The molecule has 1 aliphatic carbocycles. The highest BCUT2D eigenvalue weighted by atomic mass is 16.5. The van der Waals surface area contributed by atoms with E-state index in [-0.39, 0.29) is 5.91 Å². The van der Waals surface area contributed by atoms with Crippen LogP contribution in [0.2, 0.25) is 0 Å². The summed E-state index contributed by atoms with van der Waals surface area (Å²) in [6.07, 6.45) is 5.38. The van der Waals surface area contributed by atoms with Crippen molar-refractivity contribution in [3.63, 3.8) is 0 Å². The summed E-state index contributed by atoms with van der Waals surface area (Å²) in [5.74, 6) is 0.346. The maximum atomic E-state index is 12.2. The Morgan fingerprint density at radius 1 is 1.26 bits per heavy atom. The highest BCUT2D eigenvalue weighted by Gasteiger charge is 2.29. The van der Waals surface area contributed by atoms with Gasteiger partial charge in [-0.1, -0.05) is 18.0 Å². The summed E-state index contributed by atoms with van der Waals surface area (Å²) in [5, 5.41) is 3.78. The fourth-order valence-corrected chi connectivity index (χ4v) is 3.18. The van der Waals surface area contributed by atoms with Crippen LogP contribution in [0.4, 0.5) is 0 Å². The molecule has 19 heavy (non-hydrogen) atoms. The summed E-state index contributed by atoms with van der Waals surface area (Å²) in [6, 6.07) is 2.47. The zero-order valence-electron chi connectivity index (χ0n) is 11.5. The first-order valence-electron chi connectivity index (χ1n) is 7.20. The lowest BCUT2D eigenvalue weighted by Crippen LogP contribution is -2.51. The molecule has 0 spiro atoms. The Kier molecular flexibility index (Phi) is 3.55. The first-order valence-corrected chi connectivity index (χ1v) is 7.20. The second-order valence-electron chi connectivity index (χ2n) is 5.60. The van der Waals surface area contributed by atoms with E-state index in [1.54, 1.807) is 6.07 Å². The van der Waals surface area contributed by atoms with E-state index >= 15 is 0 Å². The molecule has 5 heteroatoms. The third-order valence-corrected chi connectivity index (χ3v) is 4.28. The third kappa shape index (κ3) is 2.66. The number of carbonyl (C=O) groups is 1. The number of piperazine rings is 1. The smallest absolute Gasteiger partial charge is 0.292 e. The standard InChI is InChI=1S/C14H21N3O2/c1-11-10-13(19-15-11)14(18)17-8-6-16(7-9-17)12-4-2-3-5-12/h10,12H,2-9H2,1H3. The number of rotatable bonds is 2. The van der Waals surface area contributed by atoms with Gasteiger partial charge in [0.15, 0.2) is 0 Å². The van der Waals surface area contributed by atoms with E-state index < -0.39 is 0 Å². The number of aromatic nitrogens is 1. The summed E-state index contributed by atoms with van der Waals surface area (Å²) in [6.45, 7) is 5.41. The molecule has 0 bridgehead atoms. The van der Waals surface area contributed by atoms with Crippen molar-refractivity contribution in [3.8, 4) is 0 Å². The van der Waals surface area contributed by atoms with Crippen molar-refractivity contribution in [2.24, 2.45) is 0 Å². The molecule has 0 aromatic carbocycles. The zero-order valence-corrected chi connectivity index (χ0v) is 11.5. The first kappa shape index (κ1) is 12.7. The Morgan fingerprint density at radius 2 is 1.95 bits per heavy atom. The monoisotopic (exact) mass is 263 g/mol. The summed E-state index contributed by atoms with van der Waals surface area (Å²) in [5.41, 5.74) is 0.757. The van der Waals surface area contributed by atoms with Crippen LogP contribution in [-0.2, 0) is 0 Å². The van der Waals surface area contributed by atoms with Crippen molar-refractivity contribution in [3.05, 3.63) is 17.5 Å². The van der Waals surface area contributed by atoms with Crippen LogP contribution in [-0.4, -0.2) is 53.1 Å². The number of hydrogen-bond acceptors (Lipinski definition) is 4. The van der Waals surface area contributed by atoms with Crippen molar-refractivity contribution in [2.45, 2.75) is 38.6 Å². The topological polar surface area (TPSA) is 49.6 Å². The van der Waals surface area contributed by atoms with E-state index in [0.717, 1.165) is 37.9 Å². The van der Waals surface area contributed by atoms with E-state index in [2.05, 4.69) is 10.1 Å². The maximum absolute atomic E-state index is 12.2. The lowest BCUT2D eigenvalue weighted by molar-refractivity contribution is 0.0536. The average molecular weight is 263 g/mol. The molecular weight excluding hydrogens is 242 g/mol. The normalized spacial score (nSPS) is 22.1. The summed E-state index contributed by atoms with van der Waals surface area (Å²) >= 11 is 0. The van der Waals surface area contributed by atoms with Crippen LogP contribution in [0.1, 0.15) is 41.9 Å². The number of nitrogens with zero attached hydrogens (tertiary/aromatic N) is 3. The molecule has 1 saturated heterocycles. The summed E-state index contributed by atoms with van der Waals surface area (Å²) in [4.78, 5) is 16.6. The van der Waals surface area contributed by atoms with Gasteiger partial charge >= 0.3 is 0 Å². The van der Waals surface area contributed by atoms with E-state index in [0.29, 0.717) is 5.76 Å². The maximum Gasteiger partial charge on any atom is 0.292 e. The summed E-state index contributed by atoms with van der Waals surface area (Å²) in [7, 11) is 0. The zero-order chi connectivity index (χ0) is 13.2. The van der Waals surface area contributed by atoms with E-state index in [4.69, 9.17) is 4.52 Å². The molecule has 0 atom stereocenters. The van der Waals surface area contributed by atoms with E-state index in [1.807, 2.05) is 11.8 Å². The van der Waals surface area contributed by atoms with Crippen molar-refractivity contribution in [1.82, 2.24) is 15.0 Å². The fourth-order valence-electron chi connectivity index (χ4n) is 3.18. The molecular formula is C14H21N3O2. The summed E-state index contributed by atoms with van der Waals surface area (Å²) < 4.78 is 5.05. The molecule has 3 rings (SSSR count). The predicted molar refractivity (Wildman–Crippen MR) is 71.0 cm³/mol. The Balaban J connectivity index is 1.56. The van der Waals surface area contributed by atoms with Crippen LogP contribution >= 0.6 is 0 Å². The predicted octanol–water partition coefficient (Wildman–Crippen LogP) is 1.68. The SMILES string of the molecule is Cc1cc(C(=O)N2CCN(C3CCCC3)CC2)on1. The van der Waals surface area contributed by atoms with Gasteiger partial charge in [-0.2, -0.15) is 0 Å². The number of carbonyl (C=O) groups excluding carboxylic acids is 1. The third-order valence-electron chi connectivity index (χ3n) is 4.28. The Bertz CT molecular complexity index is 443. The molecule has 1 aromatic rings. The minimum atomic E-state index is -0.0216. The van der Waals surface area contributed by atoms with Gasteiger partial charge in [-0.15, -0.1) is 0 Å². The Hall–Kier alpha value is -1.36. The van der Waals surface area contributed by atoms with Gasteiger partial charge in [-0.05, 0) is 19.8 Å². The lowest BCUT2D eigenvalue weighted by Gasteiger charge is -2.37. The van der Waals surface area contributed by atoms with Gasteiger partial charge in [0, 0.05) is 38.3 Å². The quantitative estimate of drug-likeness (QED) is 0.814. The molecule has 5 nitrogen and oxygen atoms in total. The van der Waals surface area contributed by atoms with Gasteiger partial charge < -0.3 is 9.42 Å². The molecule has 2 fully saturated rings.